The Labute approximate surface area is 96.6 Å². The van der Waals surface area contributed by atoms with Crippen molar-refractivity contribution in [1.29, 1.82) is 0 Å². The summed E-state index contributed by atoms with van der Waals surface area (Å²) < 4.78 is 4.81. The van der Waals surface area contributed by atoms with Crippen molar-refractivity contribution in [3.8, 4) is 0 Å². The first-order chi connectivity index (χ1) is 7.74. The molecule has 3 N–H and O–H groups in total. The maximum absolute atomic E-state index is 11.7. The molecule has 1 unspecified atom stereocenters. The number of carbonyl (C=O) groups is 1. The third-order valence-corrected chi connectivity index (χ3v) is 2.85. The highest BCUT2D eigenvalue weighted by Gasteiger charge is 2.20. The van der Waals surface area contributed by atoms with Crippen LogP contribution in [0.1, 0.15) is 19.3 Å². The summed E-state index contributed by atoms with van der Waals surface area (Å²) in [5, 5.41) is 15.5. The lowest BCUT2D eigenvalue weighted by Crippen LogP contribution is -2.39. The van der Waals surface area contributed by atoms with E-state index in [4.69, 9.17) is 4.74 Å². The van der Waals surface area contributed by atoms with Gasteiger partial charge >= 0.3 is 0 Å². The zero-order chi connectivity index (χ0) is 11.8. The fourth-order valence-corrected chi connectivity index (χ4v) is 1.87. The molecule has 1 saturated heterocycles. The normalized spacial score (nSPS) is 19.4. The molecule has 0 spiro atoms. The van der Waals surface area contributed by atoms with E-state index in [1.165, 1.54) is 0 Å². The molecule has 16 heavy (non-hydrogen) atoms. The SMILES string of the molecule is COCC(O)CCNC(=O)C1CCNCC1. The van der Waals surface area contributed by atoms with Gasteiger partial charge in [-0.25, -0.2) is 0 Å². The van der Waals surface area contributed by atoms with E-state index < -0.39 is 6.10 Å². The number of nitrogens with one attached hydrogen (secondary N) is 2. The highest BCUT2D eigenvalue weighted by molar-refractivity contribution is 5.78. The Morgan fingerprint density at radius 3 is 2.88 bits per heavy atom. The van der Waals surface area contributed by atoms with Crippen LogP contribution in [0.25, 0.3) is 0 Å². The number of hydrogen-bond donors (Lipinski definition) is 3. The Morgan fingerprint density at radius 2 is 2.25 bits per heavy atom. The fourth-order valence-electron chi connectivity index (χ4n) is 1.87. The second-order valence-corrected chi connectivity index (χ2v) is 4.21. The molecule has 1 atom stereocenters. The second kappa shape index (κ2) is 7.60. The van der Waals surface area contributed by atoms with Gasteiger partial charge in [0, 0.05) is 19.6 Å². The third-order valence-electron chi connectivity index (χ3n) is 2.85. The van der Waals surface area contributed by atoms with Crippen LogP contribution in [-0.4, -0.2) is 50.5 Å². The Bertz CT molecular complexity index is 205. The first-order valence-corrected chi connectivity index (χ1v) is 5.89. The summed E-state index contributed by atoms with van der Waals surface area (Å²) in [7, 11) is 1.55. The number of amides is 1. The van der Waals surface area contributed by atoms with Gasteiger partial charge < -0.3 is 20.5 Å². The van der Waals surface area contributed by atoms with E-state index in [9.17, 15) is 9.90 Å². The number of ether oxygens (including phenoxy) is 1. The number of hydrogen-bond acceptors (Lipinski definition) is 4. The molecule has 1 heterocycles. The van der Waals surface area contributed by atoms with Crippen molar-refractivity contribution in [3.63, 3.8) is 0 Å². The van der Waals surface area contributed by atoms with E-state index in [1.54, 1.807) is 7.11 Å². The number of methoxy groups -OCH3 is 1. The van der Waals surface area contributed by atoms with Crippen molar-refractivity contribution in [1.82, 2.24) is 10.6 Å². The van der Waals surface area contributed by atoms with Gasteiger partial charge in [-0.3, -0.25) is 4.79 Å². The van der Waals surface area contributed by atoms with Gasteiger partial charge in [0.2, 0.25) is 5.91 Å². The number of piperidine rings is 1. The maximum Gasteiger partial charge on any atom is 0.223 e. The monoisotopic (exact) mass is 230 g/mol. The summed E-state index contributed by atoms with van der Waals surface area (Å²) in [6.07, 6.45) is 1.88. The van der Waals surface area contributed by atoms with Gasteiger partial charge in [-0.15, -0.1) is 0 Å². The van der Waals surface area contributed by atoms with E-state index in [2.05, 4.69) is 10.6 Å². The van der Waals surface area contributed by atoms with Gasteiger partial charge in [-0.2, -0.15) is 0 Å². The van der Waals surface area contributed by atoms with Crippen molar-refractivity contribution in [2.24, 2.45) is 5.92 Å². The number of aliphatic hydroxyl groups excluding tert-OH is 1. The highest BCUT2D eigenvalue weighted by Crippen LogP contribution is 2.11. The van der Waals surface area contributed by atoms with Crippen molar-refractivity contribution < 1.29 is 14.6 Å². The molecule has 0 bridgehead atoms. The van der Waals surface area contributed by atoms with E-state index in [1.807, 2.05) is 0 Å². The van der Waals surface area contributed by atoms with Crippen molar-refractivity contribution in [2.75, 3.05) is 33.4 Å². The first kappa shape index (κ1) is 13.4. The lowest BCUT2D eigenvalue weighted by Gasteiger charge is -2.22. The van der Waals surface area contributed by atoms with Crippen LogP contribution in [0.3, 0.4) is 0 Å². The van der Waals surface area contributed by atoms with Gasteiger partial charge in [0.05, 0.1) is 12.7 Å². The highest BCUT2D eigenvalue weighted by atomic mass is 16.5. The van der Waals surface area contributed by atoms with Crippen LogP contribution < -0.4 is 10.6 Å². The molecule has 1 aliphatic heterocycles. The molecule has 0 aromatic rings. The van der Waals surface area contributed by atoms with Crippen LogP contribution >= 0.6 is 0 Å². The molecule has 1 rings (SSSR count). The standard InChI is InChI=1S/C11H22N2O3/c1-16-8-10(14)4-7-13-11(15)9-2-5-12-6-3-9/h9-10,12,14H,2-8H2,1H3,(H,13,15). The zero-order valence-corrected chi connectivity index (χ0v) is 9.87. The molecule has 1 fully saturated rings. The lowest BCUT2D eigenvalue weighted by molar-refractivity contribution is -0.125. The summed E-state index contributed by atoms with van der Waals surface area (Å²) in [6.45, 7) is 2.69. The Hall–Kier alpha value is -0.650. The molecule has 1 amide bonds. The molecule has 5 heteroatoms. The molecule has 0 saturated carbocycles. The van der Waals surface area contributed by atoms with Crippen LogP contribution in [0.5, 0.6) is 0 Å². The number of rotatable bonds is 6. The zero-order valence-electron chi connectivity index (χ0n) is 9.87. The second-order valence-electron chi connectivity index (χ2n) is 4.21. The summed E-state index contributed by atoms with van der Waals surface area (Å²) in [5.41, 5.74) is 0. The van der Waals surface area contributed by atoms with Crippen molar-refractivity contribution >= 4 is 5.91 Å². The van der Waals surface area contributed by atoms with Gasteiger partial charge in [0.1, 0.15) is 0 Å². The molecule has 0 aromatic heterocycles. The fraction of sp³-hybridized carbons (Fsp3) is 0.909. The average molecular weight is 230 g/mol. The van der Waals surface area contributed by atoms with Gasteiger partial charge in [-0.1, -0.05) is 0 Å². The van der Waals surface area contributed by atoms with Crippen LogP contribution in [0.4, 0.5) is 0 Å². The molecule has 0 aliphatic carbocycles. The van der Waals surface area contributed by atoms with Crippen LogP contribution in [0, 0.1) is 5.92 Å². The molecule has 94 valence electrons. The largest absolute Gasteiger partial charge is 0.391 e. The van der Waals surface area contributed by atoms with Gasteiger partial charge in [0.25, 0.3) is 0 Å². The minimum Gasteiger partial charge on any atom is -0.391 e. The van der Waals surface area contributed by atoms with E-state index in [0.717, 1.165) is 25.9 Å². The Morgan fingerprint density at radius 1 is 1.56 bits per heavy atom. The van der Waals surface area contributed by atoms with E-state index in [-0.39, 0.29) is 11.8 Å². The van der Waals surface area contributed by atoms with Gasteiger partial charge in [-0.05, 0) is 32.4 Å². The molecular weight excluding hydrogens is 208 g/mol. The quantitative estimate of drug-likeness (QED) is 0.575. The predicted molar refractivity (Wildman–Crippen MR) is 61.1 cm³/mol. The molecule has 5 nitrogen and oxygen atoms in total. The molecule has 0 radical (unpaired) electrons. The van der Waals surface area contributed by atoms with E-state index >= 15 is 0 Å². The first-order valence-electron chi connectivity index (χ1n) is 5.89. The molecular formula is C11H22N2O3. The molecule has 0 aromatic carbocycles. The smallest absolute Gasteiger partial charge is 0.223 e. The van der Waals surface area contributed by atoms with Crippen LogP contribution in [-0.2, 0) is 9.53 Å². The summed E-state index contributed by atoms with van der Waals surface area (Å²) >= 11 is 0. The summed E-state index contributed by atoms with van der Waals surface area (Å²) in [6, 6.07) is 0. The minimum atomic E-state index is -0.488. The third kappa shape index (κ3) is 4.92. The lowest BCUT2D eigenvalue weighted by atomic mass is 9.97. The van der Waals surface area contributed by atoms with Crippen LogP contribution in [0.15, 0.2) is 0 Å². The van der Waals surface area contributed by atoms with Gasteiger partial charge in [0.15, 0.2) is 0 Å². The summed E-state index contributed by atoms with van der Waals surface area (Å²) in [4.78, 5) is 11.7. The van der Waals surface area contributed by atoms with Crippen molar-refractivity contribution in [2.45, 2.75) is 25.4 Å². The molecule has 1 aliphatic rings. The summed E-state index contributed by atoms with van der Waals surface area (Å²) in [5.74, 6) is 0.256. The van der Waals surface area contributed by atoms with Crippen molar-refractivity contribution in [3.05, 3.63) is 0 Å². The van der Waals surface area contributed by atoms with E-state index in [0.29, 0.717) is 19.6 Å². The van der Waals surface area contributed by atoms with Crippen LogP contribution in [0.2, 0.25) is 0 Å². The predicted octanol–water partition coefficient (Wildman–Crippen LogP) is -0.500. The number of aliphatic hydroxyl groups is 1. The number of carbonyl (C=O) groups excluding carboxylic acids is 1. The average Bonchev–Trinajstić information content (AvgIpc) is 2.30. The maximum atomic E-state index is 11.7. The Balaban J connectivity index is 2.09. The Kier molecular flexibility index (Phi) is 6.37. The topological polar surface area (TPSA) is 70.6 Å². The minimum absolute atomic E-state index is 0.117.